The lowest BCUT2D eigenvalue weighted by Gasteiger charge is -2.26. The first kappa shape index (κ1) is 38.4. The minimum absolute atomic E-state index is 0.0135. The van der Waals surface area contributed by atoms with Gasteiger partial charge < -0.3 is 4.57 Å². The number of pyridine rings is 1. The molecule has 0 fully saturated rings. The second kappa shape index (κ2) is 13.9. The van der Waals surface area contributed by atoms with Crippen LogP contribution in [0.3, 0.4) is 0 Å². The van der Waals surface area contributed by atoms with Gasteiger partial charge in [-0.1, -0.05) is 165 Å². The summed E-state index contributed by atoms with van der Waals surface area (Å²) in [6.07, 6.45) is 5.65. The molecule has 6 aromatic carbocycles. The molecule has 0 aliphatic rings. The summed E-state index contributed by atoms with van der Waals surface area (Å²) in [7, 11) is 0. The molecule has 0 saturated carbocycles. The Bertz CT molecular complexity index is 3270. The third kappa shape index (κ3) is 6.62. The normalized spacial score (nSPS) is 12.7. The third-order valence-corrected chi connectivity index (χ3v) is 12.2. The number of fused-ring (bicyclic) bond motifs is 6. The van der Waals surface area contributed by atoms with Crippen LogP contribution in [0.15, 0.2) is 152 Å². The Morgan fingerprint density at radius 2 is 0.984 bits per heavy atom. The molecule has 0 N–H and O–H groups in total. The fraction of sp³-hybridized carbons (Fsp3) is 0.218. The molecule has 6 heteroatoms. The first-order chi connectivity index (χ1) is 29.1. The first-order valence-electron chi connectivity index (χ1n) is 21.3. The molecule has 0 atom stereocenters. The molecule has 61 heavy (non-hydrogen) atoms. The van der Waals surface area contributed by atoms with Gasteiger partial charge in [0.2, 0.25) is 0 Å². The quantitative estimate of drug-likeness (QED) is 0.129. The van der Waals surface area contributed by atoms with Gasteiger partial charge in [0, 0.05) is 44.5 Å². The van der Waals surface area contributed by atoms with Gasteiger partial charge in [-0.25, -0.2) is 4.98 Å². The molecule has 4 aromatic heterocycles. The summed E-state index contributed by atoms with van der Waals surface area (Å²) in [6, 6.07) is 52.7. The number of hydrogen-bond donors (Lipinski definition) is 0. The maximum Gasteiger partial charge on any atom is 0.273 e. The van der Waals surface area contributed by atoms with Crippen LogP contribution in [0, 0.1) is 6.33 Å². The van der Waals surface area contributed by atoms with E-state index in [4.69, 9.17) is 10.1 Å². The van der Waals surface area contributed by atoms with Crippen molar-refractivity contribution in [2.75, 3.05) is 0 Å². The minimum Gasteiger partial charge on any atom is -0.310 e. The van der Waals surface area contributed by atoms with E-state index < -0.39 is 0 Å². The van der Waals surface area contributed by atoms with E-state index in [2.05, 4.69) is 228 Å². The lowest BCUT2D eigenvalue weighted by molar-refractivity contribution is -0.660. The summed E-state index contributed by atoms with van der Waals surface area (Å²) in [6.45, 7) is 20.4. The predicted molar refractivity (Wildman–Crippen MR) is 252 cm³/mol. The van der Waals surface area contributed by atoms with Gasteiger partial charge in [0.1, 0.15) is 5.82 Å². The molecule has 10 rings (SSSR count). The molecule has 0 aliphatic heterocycles. The van der Waals surface area contributed by atoms with Gasteiger partial charge >= 0.3 is 0 Å². The van der Waals surface area contributed by atoms with Crippen LogP contribution in [0.2, 0.25) is 0 Å². The van der Waals surface area contributed by atoms with Crippen LogP contribution in [-0.2, 0) is 16.2 Å². The highest BCUT2D eigenvalue weighted by atomic mass is 15.4. The molecule has 6 nitrogen and oxygen atoms in total. The topological polar surface area (TPSA) is 44.5 Å². The van der Waals surface area contributed by atoms with Gasteiger partial charge in [-0.3, -0.25) is 9.13 Å². The van der Waals surface area contributed by atoms with E-state index in [-0.39, 0.29) is 16.2 Å². The molecule has 0 unspecified atom stereocenters. The summed E-state index contributed by atoms with van der Waals surface area (Å²) in [5.74, 6) is 1.73. The van der Waals surface area contributed by atoms with E-state index >= 15 is 0 Å². The van der Waals surface area contributed by atoms with Crippen molar-refractivity contribution in [1.82, 2.24) is 23.8 Å². The van der Waals surface area contributed by atoms with Crippen molar-refractivity contribution in [2.24, 2.45) is 0 Å². The first-order valence-corrected chi connectivity index (χ1v) is 21.3. The van der Waals surface area contributed by atoms with Crippen LogP contribution in [0.5, 0.6) is 0 Å². The average Bonchev–Trinajstić information content (AvgIpc) is 3.93. The Morgan fingerprint density at radius 1 is 0.459 bits per heavy atom. The Balaban J connectivity index is 1.20. The molecule has 4 heterocycles. The van der Waals surface area contributed by atoms with Crippen molar-refractivity contribution in [3.8, 4) is 34.3 Å². The Labute approximate surface area is 358 Å². The van der Waals surface area contributed by atoms with E-state index in [0.717, 1.165) is 56.3 Å². The van der Waals surface area contributed by atoms with Gasteiger partial charge in [-0.2, -0.15) is 4.68 Å². The van der Waals surface area contributed by atoms with Crippen molar-refractivity contribution in [3.63, 3.8) is 0 Å². The summed E-state index contributed by atoms with van der Waals surface area (Å²) < 4.78 is 8.78. The largest absolute Gasteiger partial charge is 0.310 e. The van der Waals surface area contributed by atoms with Crippen molar-refractivity contribution >= 4 is 43.6 Å². The van der Waals surface area contributed by atoms with E-state index in [1.54, 1.807) is 0 Å². The number of benzene rings is 6. The molecule has 0 radical (unpaired) electrons. The SMILES string of the molecule is CC(C)(C)c1cc(-[n+]2[c-]n(-c3ccc4c5ccccc5n(-c5ccc6c7ccccc7n(-c7cc(C(C)(C)C)ccn7)c6c5)c4c3)c(-c3ccccc3)n2)cc(C(C)(C)C)c1. The number of para-hydroxylation sites is 2. The van der Waals surface area contributed by atoms with E-state index in [1.165, 1.54) is 38.2 Å². The Hall–Kier alpha value is -6.79. The van der Waals surface area contributed by atoms with Crippen LogP contribution < -0.4 is 4.68 Å². The lowest BCUT2D eigenvalue weighted by Crippen LogP contribution is -2.34. The van der Waals surface area contributed by atoms with Gasteiger partial charge in [-0.15, -0.1) is 5.10 Å². The Kier molecular flexibility index (Phi) is 8.74. The number of aromatic nitrogens is 6. The lowest BCUT2D eigenvalue weighted by atomic mass is 9.80. The van der Waals surface area contributed by atoms with Crippen LogP contribution >= 0.6 is 0 Å². The summed E-state index contributed by atoms with van der Waals surface area (Å²) in [5, 5.41) is 10.1. The average molecular weight is 797 g/mol. The second-order valence-corrected chi connectivity index (χ2v) is 19.6. The molecule has 302 valence electrons. The molecule has 0 bridgehead atoms. The maximum absolute atomic E-state index is 5.30. The zero-order valence-electron chi connectivity index (χ0n) is 36.6. The molecular formula is C55H52N6. The summed E-state index contributed by atoms with van der Waals surface area (Å²) in [5.41, 5.74) is 12.3. The van der Waals surface area contributed by atoms with E-state index in [1.807, 2.05) is 10.9 Å². The van der Waals surface area contributed by atoms with Crippen molar-refractivity contribution in [3.05, 3.63) is 175 Å². The van der Waals surface area contributed by atoms with Crippen molar-refractivity contribution in [1.29, 1.82) is 0 Å². The van der Waals surface area contributed by atoms with Gasteiger partial charge in [0.25, 0.3) is 6.33 Å². The summed E-state index contributed by atoms with van der Waals surface area (Å²) >= 11 is 0. The zero-order valence-corrected chi connectivity index (χ0v) is 36.6. The number of rotatable bonds is 5. The van der Waals surface area contributed by atoms with E-state index in [9.17, 15) is 0 Å². The molecule has 0 spiro atoms. The fourth-order valence-electron chi connectivity index (χ4n) is 8.70. The van der Waals surface area contributed by atoms with E-state index in [0.29, 0.717) is 0 Å². The number of hydrogen-bond acceptors (Lipinski definition) is 2. The fourth-order valence-corrected chi connectivity index (χ4v) is 8.70. The smallest absolute Gasteiger partial charge is 0.273 e. The Morgan fingerprint density at radius 3 is 1.61 bits per heavy atom. The highest BCUT2D eigenvalue weighted by molar-refractivity contribution is 6.12. The highest BCUT2D eigenvalue weighted by Gasteiger charge is 2.24. The van der Waals surface area contributed by atoms with Crippen LogP contribution in [0.4, 0.5) is 0 Å². The molecule has 0 saturated heterocycles. The molecule has 10 aromatic rings. The third-order valence-electron chi connectivity index (χ3n) is 12.2. The van der Waals surface area contributed by atoms with Crippen LogP contribution in [-0.4, -0.2) is 23.8 Å². The molecule has 0 amide bonds. The van der Waals surface area contributed by atoms with Crippen LogP contribution in [0.25, 0.3) is 77.9 Å². The molecular weight excluding hydrogens is 745 g/mol. The number of nitrogens with zero attached hydrogens (tertiary/aromatic N) is 6. The van der Waals surface area contributed by atoms with Gasteiger partial charge in [-0.05, 0) is 75.4 Å². The molecule has 0 aliphatic carbocycles. The maximum atomic E-state index is 5.30. The van der Waals surface area contributed by atoms with Gasteiger partial charge in [0.15, 0.2) is 5.82 Å². The second-order valence-electron chi connectivity index (χ2n) is 19.6. The monoisotopic (exact) mass is 796 g/mol. The predicted octanol–water partition coefficient (Wildman–Crippen LogP) is 13.1. The zero-order chi connectivity index (χ0) is 42.4. The summed E-state index contributed by atoms with van der Waals surface area (Å²) in [4.78, 5) is 4.97. The standard InChI is InChI=1S/C55H52N6/c1-53(2,3)37-27-28-56-51(32-37)61-48-22-16-14-20-44(48)46-26-24-41(34-50(46)61)60-47-21-15-13-19-43(47)45-25-23-40(33-49(45)60)58-35-59(57-52(58)36-17-11-10-12-18-36)42-30-38(54(4,5)6)29-39(31-42)55(7,8)9/h10-34H,1-9H3. The van der Waals surface area contributed by atoms with Crippen molar-refractivity contribution in [2.45, 2.75) is 78.6 Å². The van der Waals surface area contributed by atoms with Crippen LogP contribution in [0.1, 0.15) is 79.0 Å². The highest BCUT2D eigenvalue weighted by Crippen LogP contribution is 2.38. The minimum atomic E-state index is -0.0375. The van der Waals surface area contributed by atoms with Crippen molar-refractivity contribution < 1.29 is 4.68 Å². The van der Waals surface area contributed by atoms with Gasteiger partial charge in [0.05, 0.1) is 27.9 Å².